The summed E-state index contributed by atoms with van der Waals surface area (Å²) >= 11 is 3.62. The highest BCUT2D eigenvalue weighted by Crippen LogP contribution is 2.31. The first-order chi connectivity index (χ1) is 9.27. The largest absolute Gasteiger partial charge is 0.358 e. The van der Waals surface area contributed by atoms with Gasteiger partial charge in [0.2, 0.25) is 0 Å². The number of thiazole rings is 1. The SMILES string of the molecule is Cc1nc(C)c(C(C)NC2=NC(C(C)(C)C)CCS2)s1. The molecule has 3 nitrogen and oxygen atoms in total. The second kappa shape index (κ2) is 6.06. The predicted octanol–water partition coefficient (Wildman–Crippen LogP) is 4.32. The minimum Gasteiger partial charge on any atom is -0.358 e. The van der Waals surface area contributed by atoms with Crippen molar-refractivity contribution in [1.29, 1.82) is 0 Å². The molecule has 1 aromatic heterocycles. The minimum atomic E-state index is 0.244. The second-order valence-corrected chi connectivity index (χ2v) is 8.82. The third-order valence-electron chi connectivity index (χ3n) is 3.58. The molecule has 0 amide bonds. The normalized spacial score (nSPS) is 21.5. The molecule has 2 rings (SSSR count). The molecule has 1 aromatic rings. The molecule has 0 aliphatic carbocycles. The van der Waals surface area contributed by atoms with Crippen LogP contribution in [0.15, 0.2) is 4.99 Å². The van der Waals surface area contributed by atoms with Crippen molar-refractivity contribution in [3.05, 3.63) is 15.6 Å². The lowest BCUT2D eigenvalue weighted by atomic mass is 9.85. The quantitative estimate of drug-likeness (QED) is 0.884. The molecule has 0 aromatic carbocycles. The van der Waals surface area contributed by atoms with Crippen molar-refractivity contribution in [2.45, 2.75) is 60.0 Å². The number of thioether (sulfide) groups is 1. The van der Waals surface area contributed by atoms with Crippen molar-refractivity contribution in [3.63, 3.8) is 0 Å². The highest BCUT2D eigenvalue weighted by Gasteiger charge is 2.28. The first-order valence-electron chi connectivity index (χ1n) is 7.18. The molecule has 5 heteroatoms. The van der Waals surface area contributed by atoms with Crippen LogP contribution in [0.5, 0.6) is 0 Å². The Morgan fingerprint density at radius 2 is 2.00 bits per heavy atom. The Morgan fingerprint density at radius 1 is 1.30 bits per heavy atom. The zero-order chi connectivity index (χ0) is 14.9. The predicted molar refractivity (Wildman–Crippen MR) is 90.9 cm³/mol. The highest BCUT2D eigenvalue weighted by atomic mass is 32.2. The summed E-state index contributed by atoms with van der Waals surface area (Å²) in [6.45, 7) is 13.2. The van der Waals surface area contributed by atoms with Crippen molar-refractivity contribution >= 4 is 28.3 Å². The number of aliphatic imine (C=N–C) groups is 1. The molecule has 20 heavy (non-hydrogen) atoms. The fourth-order valence-electron chi connectivity index (χ4n) is 2.42. The van der Waals surface area contributed by atoms with E-state index in [1.54, 1.807) is 11.3 Å². The zero-order valence-corrected chi connectivity index (χ0v) is 14.9. The molecule has 2 atom stereocenters. The van der Waals surface area contributed by atoms with Crippen molar-refractivity contribution < 1.29 is 0 Å². The Hall–Kier alpha value is -0.550. The average molecular weight is 312 g/mol. The summed E-state index contributed by atoms with van der Waals surface area (Å²) in [5.41, 5.74) is 1.38. The molecule has 0 saturated carbocycles. The number of nitrogens with zero attached hydrogens (tertiary/aromatic N) is 2. The summed E-state index contributed by atoms with van der Waals surface area (Å²) in [5, 5.41) is 5.80. The molecule has 0 radical (unpaired) electrons. The summed E-state index contributed by atoms with van der Waals surface area (Å²) in [7, 11) is 0. The molecule has 0 bridgehead atoms. The van der Waals surface area contributed by atoms with Gasteiger partial charge in [0.15, 0.2) is 5.17 Å². The van der Waals surface area contributed by atoms with E-state index in [2.05, 4.69) is 51.8 Å². The fraction of sp³-hybridized carbons (Fsp3) is 0.733. The van der Waals surface area contributed by atoms with Gasteiger partial charge in [-0.05, 0) is 32.6 Å². The first-order valence-corrected chi connectivity index (χ1v) is 8.98. The number of hydrogen-bond donors (Lipinski definition) is 1. The van der Waals surface area contributed by atoms with E-state index in [9.17, 15) is 0 Å². The monoisotopic (exact) mass is 311 g/mol. The van der Waals surface area contributed by atoms with Crippen LogP contribution in [-0.4, -0.2) is 21.9 Å². The van der Waals surface area contributed by atoms with Gasteiger partial charge in [-0.15, -0.1) is 11.3 Å². The topological polar surface area (TPSA) is 37.3 Å². The molecular weight excluding hydrogens is 286 g/mol. The minimum absolute atomic E-state index is 0.244. The standard InChI is InChI=1S/C15H25N3S2/c1-9-13(20-11(3)16-9)10(2)17-14-18-12(7-8-19-14)15(4,5)6/h10,12H,7-8H2,1-6H3,(H,17,18). The van der Waals surface area contributed by atoms with Crippen LogP contribution in [0.3, 0.4) is 0 Å². The smallest absolute Gasteiger partial charge is 0.157 e. The third-order valence-corrected chi connectivity index (χ3v) is 5.77. The lowest BCUT2D eigenvalue weighted by Gasteiger charge is -2.31. The van der Waals surface area contributed by atoms with E-state index in [4.69, 9.17) is 4.99 Å². The van der Waals surface area contributed by atoms with Gasteiger partial charge >= 0.3 is 0 Å². The lowest BCUT2D eigenvalue weighted by Crippen LogP contribution is -2.34. The molecule has 112 valence electrons. The molecule has 0 saturated heterocycles. The molecule has 1 aliphatic rings. The maximum absolute atomic E-state index is 4.91. The van der Waals surface area contributed by atoms with Gasteiger partial charge in [0.25, 0.3) is 0 Å². The van der Waals surface area contributed by atoms with E-state index in [0.29, 0.717) is 6.04 Å². The molecule has 0 spiro atoms. The van der Waals surface area contributed by atoms with E-state index >= 15 is 0 Å². The Kier molecular flexibility index (Phi) is 4.80. The van der Waals surface area contributed by atoms with E-state index in [0.717, 1.165) is 21.6 Å². The fourth-order valence-corrected chi connectivity index (χ4v) is 4.34. The summed E-state index contributed by atoms with van der Waals surface area (Å²) in [5.74, 6) is 1.15. The van der Waals surface area contributed by atoms with Crippen molar-refractivity contribution in [2.24, 2.45) is 10.4 Å². The Morgan fingerprint density at radius 3 is 2.55 bits per heavy atom. The average Bonchev–Trinajstić information content (AvgIpc) is 2.68. The lowest BCUT2D eigenvalue weighted by molar-refractivity contribution is 0.315. The molecule has 1 N–H and O–H groups in total. The third kappa shape index (κ3) is 3.76. The van der Waals surface area contributed by atoms with E-state index in [1.165, 1.54) is 11.3 Å². The van der Waals surface area contributed by atoms with Gasteiger partial charge in [0.1, 0.15) is 0 Å². The van der Waals surface area contributed by atoms with Gasteiger partial charge in [-0.25, -0.2) is 4.98 Å². The Balaban J connectivity index is 2.09. The van der Waals surface area contributed by atoms with Crippen LogP contribution >= 0.6 is 23.1 Å². The Labute approximate surface area is 130 Å². The van der Waals surface area contributed by atoms with Crippen LogP contribution < -0.4 is 5.32 Å². The van der Waals surface area contributed by atoms with Gasteiger partial charge in [-0.1, -0.05) is 32.5 Å². The van der Waals surface area contributed by atoms with Crippen LogP contribution in [0.1, 0.15) is 55.7 Å². The summed E-state index contributed by atoms with van der Waals surface area (Å²) in [4.78, 5) is 10.7. The Bertz CT molecular complexity index is 500. The summed E-state index contributed by atoms with van der Waals surface area (Å²) in [6, 6.07) is 0.703. The van der Waals surface area contributed by atoms with Crippen molar-refractivity contribution in [3.8, 4) is 0 Å². The maximum atomic E-state index is 4.91. The second-order valence-electron chi connectivity index (χ2n) is 6.50. The van der Waals surface area contributed by atoms with Gasteiger partial charge in [-0.2, -0.15) is 0 Å². The van der Waals surface area contributed by atoms with Crippen LogP contribution in [0.25, 0.3) is 0 Å². The molecule has 1 aliphatic heterocycles. The number of amidine groups is 1. The zero-order valence-electron chi connectivity index (χ0n) is 13.3. The van der Waals surface area contributed by atoms with Gasteiger partial charge in [0.05, 0.1) is 22.8 Å². The van der Waals surface area contributed by atoms with Gasteiger partial charge < -0.3 is 5.32 Å². The van der Waals surface area contributed by atoms with Crippen LogP contribution in [0.4, 0.5) is 0 Å². The van der Waals surface area contributed by atoms with Crippen LogP contribution in [-0.2, 0) is 0 Å². The van der Waals surface area contributed by atoms with Crippen molar-refractivity contribution in [1.82, 2.24) is 10.3 Å². The number of nitrogens with one attached hydrogen (secondary N) is 1. The summed E-state index contributed by atoms with van der Waals surface area (Å²) in [6.07, 6.45) is 1.17. The van der Waals surface area contributed by atoms with Gasteiger partial charge in [0, 0.05) is 10.6 Å². The van der Waals surface area contributed by atoms with E-state index < -0.39 is 0 Å². The molecular formula is C15H25N3S2. The molecule has 2 heterocycles. The van der Waals surface area contributed by atoms with Crippen molar-refractivity contribution in [2.75, 3.05) is 5.75 Å². The molecule has 0 fully saturated rings. The first kappa shape index (κ1) is 15.8. The highest BCUT2D eigenvalue weighted by molar-refractivity contribution is 8.13. The van der Waals surface area contributed by atoms with Gasteiger partial charge in [-0.3, -0.25) is 4.99 Å². The molecule has 2 unspecified atom stereocenters. The number of aromatic nitrogens is 1. The number of hydrogen-bond acceptors (Lipinski definition) is 5. The summed E-state index contributed by atoms with van der Waals surface area (Å²) < 4.78 is 0. The van der Waals surface area contributed by atoms with E-state index in [-0.39, 0.29) is 11.5 Å². The van der Waals surface area contributed by atoms with Crippen LogP contribution in [0.2, 0.25) is 0 Å². The van der Waals surface area contributed by atoms with E-state index in [1.807, 2.05) is 11.8 Å². The maximum Gasteiger partial charge on any atom is 0.157 e. The number of aryl methyl sites for hydroxylation is 2. The number of rotatable bonds is 2. The van der Waals surface area contributed by atoms with Crippen LogP contribution in [0, 0.1) is 19.3 Å².